The first-order valence-electron chi connectivity index (χ1n) is 6.19. The maximum Gasteiger partial charge on any atom is 0.317 e. The number of rotatable bonds is 3. The minimum absolute atomic E-state index is 0.0623. The third-order valence-corrected chi connectivity index (χ3v) is 3.21. The molecule has 7 heteroatoms. The number of carboxylic acids is 1. The molecule has 1 aliphatic rings. The Kier molecular flexibility index (Phi) is 4.19. The molecule has 0 unspecified atom stereocenters. The summed E-state index contributed by atoms with van der Waals surface area (Å²) in [6.45, 7) is 1.51. The van der Waals surface area contributed by atoms with Gasteiger partial charge < -0.3 is 15.1 Å². The molecule has 0 saturated carbocycles. The van der Waals surface area contributed by atoms with Gasteiger partial charge in [-0.15, -0.1) is 0 Å². The Hall–Kier alpha value is -2.15. The Balaban J connectivity index is 2.01. The fraction of sp³-hybridized carbons (Fsp3) is 0.385. The van der Waals surface area contributed by atoms with Crippen molar-refractivity contribution in [3.05, 3.63) is 29.6 Å². The smallest absolute Gasteiger partial charge is 0.317 e. The molecule has 2 rings (SSSR count). The van der Waals surface area contributed by atoms with Gasteiger partial charge in [0.25, 0.3) is 5.91 Å². The molecule has 1 heterocycles. The van der Waals surface area contributed by atoms with Crippen LogP contribution in [0.25, 0.3) is 0 Å². The molecule has 1 saturated heterocycles. The highest BCUT2D eigenvalue weighted by Crippen LogP contribution is 2.20. The summed E-state index contributed by atoms with van der Waals surface area (Å²) in [6, 6.07) is 3.22. The number of piperazine rings is 1. The second-order valence-electron chi connectivity index (χ2n) is 4.62. The van der Waals surface area contributed by atoms with Crippen molar-refractivity contribution in [3.8, 4) is 5.75 Å². The van der Waals surface area contributed by atoms with Crippen LogP contribution in [-0.2, 0) is 4.79 Å². The van der Waals surface area contributed by atoms with Crippen molar-refractivity contribution in [1.29, 1.82) is 0 Å². The second kappa shape index (κ2) is 5.87. The molecular formula is C13H15FN2O4. The minimum atomic E-state index is -0.910. The van der Waals surface area contributed by atoms with Crippen LogP contribution in [0.2, 0.25) is 0 Å². The lowest BCUT2D eigenvalue weighted by molar-refractivity contribution is -0.138. The van der Waals surface area contributed by atoms with E-state index in [0.29, 0.717) is 26.2 Å². The van der Waals surface area contributed by atoms with E-state index in [1.165, 1.54) is 4.90 Å². The average molecular weight is 282 g/mol. The van der Waals surface area contributed by atoms with Gasteiger partial charge in [-0.1, -0.05) is 0 Å². The van der Waals surface area contributed by atoms with Gasteiger partial charge in [-0.3, -0.25) is 14.5 Å². The van der Waals surface area contributed by atoms with Crippen molar-refractivity contribution in [2.75, 3.05) is 32.7 Å². The number of halogens is 1. The maximum absolute atomic E-state index is 13.1. The van der Waals surface area contributed by atoms with Crippen molar-refractivity contribution < 1.29 is 24.2 Å². The number of hydrogen-bond acceptors (Lipinski definition) is 4. The van der Waals surface area contributed by atoms with E-state index in [4.69, 9.17) is 5.11 Å². The van der Waals surface area contributed by atoms with Crippen molar-refractivity contribution in [1.82, 2.24) is 9.80 Å². The van der Waals surface area contributed by atoms with Crippen molar-refractivity contribution in [3.63, 3.8) is 0 Å². The SMILES string of the molecule is O=C(O)CN1CCN(C(=O)c2cc(F)ccc2O)CC1. The van der Waals surface area contributed by atoms with E-state index < -0.39 is 17.7 Å². The van der Waals surface area contributed by atoms with Crippen LogP contribution in [0.4, 0.5) is 4.39 Å². The van der Waals surface area contributed by atoms with E-state index in [-0.39, 0.29) is 17.9 Å². The van der Waals surface area contributed by atoms with E-state index in [9.17, 15) is 19.1 Å². The molecule has 0 aliphatic carbocycles. The normalized spacial score (nSPS) is 16.1. The molecule has 1 aromatic rings. The first-order valence-corrected chi connectivity index (χ1v) is 6.19. The number of nitrogens with zero attached hydrogens (tertiary/aromatic N) is 2. The van der Waals surface area contributed by atoms with E-state index in [1.54, 1.807) is 4.90 Å². The lowest BCUT2D eigenvalue weighted by Gasteiger charge is -2.33. The predicted octanol–water partition coefficient (Wildman–Crippen LogP) is 0.374. The summed E-state index contributed by atoms with van der Waals surface area (Å²) < 4.78 is 13.1. The largest absolute Gasteiger partial charge is 0.507 e. The molecule has 0 spiro atoms. The van der Waals surface area contributed by atoms with Gasteiger partial charge in [-0.2, -0.15) is 0 Å². The van der Waals surface area contributed by atoms with Gasteiger partial charge in [0.05, 0.1) is 12.1 Å². The van der Waals surface area contributed by atoms with Crippen LogP contribution < -0.4 is 0 Å². The minimum Gasteiger partial charge on any atom is -0.507 e. The highest BCUT2D eigenvalue weighted by Gasteiger charge is 2.24. The highest BCUT2D eigenvalue weighted by atomic mass is 19.1. The van der Waals surface area contributed by atoms with E-state index in [0.717, 1.165) is 18.2 Å². The maximum atomic E-state index is 13.1. The van der Waals surface area contributed by atoms with Gasteiger partial charge in [-0.25, -0.2) is 4.39 Å². The van der Waals surface area contributed by atoms with E-state index in [1.807, 2.05) is 0 Å². The van der Waals surface area contributed by atoms with Crippen LogP contribution in [0.15, 0.2) is 18.2 Å². The number of carbonyl (C=O) groups excluding carboxylic acids is 1. The van der Waals surface area contributed by atoms with Crippen molar-refractivity contribution >= 4 is 11.9 Å². The van der Waals surface area contributed by atoms with E-state index in [2.05, 4.69) is 0 Å². The Morgan fingerprint density at radius 1 is 1.20 bits per heavy atom. The number of phenols is 1. The zero-order chi connectivity index (χ0) is 14.7. The topological polar surface area (TPSA) is 81.1 Å². The lowest BCUT2D eigenvalue weighted by atomic mass is 10.1. The molecule has 2 N–H and O–H groups in total. The van der Waals surface area contributed by atoms with Crippen LogP contribution in [0.1, 0.15) is 10.4 Å². The zero-order valence-electron chi connectivity index (χ0n) is 10.8. The number of carboxylic acid groups (broad SMARTS) is 1. The molecule has 108 valence electrons. The third-order valence-electron chi connectivity index (χ3n) is 3.21. The Morgan fingerprint density at radius 3 is 2.45 bits per heavy atom. The summed E-state index contributed by atoms with van der Waals surface area (Å²) in [5, 5.41) is 18.3. The Morgan fingerprint density at radius 2 is 1.85 bits per heavy atom. The lowest BCUT2D eigenvalue weighted by Crippen LogP contribution is -2.49. The number of aliphatic carboxylic acids is 1. The molecule has 1 amide bonds. The van der Waals surface area contributed by atoms with Gasteiger partial charge in [-0.05, 0) is 18.2 Å². The summed E-state index contributed by atoms with van der Waals surface area (Å²) in [7, 11) is 0. The molecule has 0 atom stereocenters. The van der Waals surface area contributed by atoms with Crippen molar-refractivity contribution in [2.45, 2.75) is 0 Å². The first kappa shape index (κ1) is 14.3. The molecular weight excluding hydrogens is 267 g/mol. The molecule has 1 fully saturated rings. The molecule has 0 aromatic heterocycles. The summed E-state index contributed by atoms with van der Waals surface area (Å²) in [4.78, 5) is 26.0. The van der Waals surface area contributed by atoms with E-state index >= 15 is 0 Å². The summed E-state index contributed by atoms with van der Waals surface area (Å²) in [5.41, 5.74) is -0.0725. The third kappa shape index (κ3) is 3.24. The molecule has 6 nitrogen and oxygen atoms in total. The predicted molar refractivity (Wildman–Crippen MR) is 68.0 cm³/mol. The zero-order valence-corrected chi connectivity index (χ0v) is 10.8. The Labute approximate surface area is 115 Å². The molecule has 20 heavy (non-hydrogen) atoms. The number of aromatic hydroxyl groups is 1. The number of hydrogen-bond donors (Lipinski definition) is 2. The number of phenolic OH excluding ortho intramolecular Hbond substituents is 1. The Bertz CT molecular complexity index is 527. The fourth-order valence-electron chi connectivity index (χ4n) is 2.15. The quantitative estimate of drug-likeness (QED) is 0.837. The van der Waals surface area contributed by atoms with Crippen LogP contribution in [0.5, 0.6) is 5.75 Å². The van der Waals surface area contributed by atoms with Crippen molar-refractivity contribution in [2.24, 2.45) is 0 Å². The molecule has 0 radical (unpaired) electrons. The van der Waals surface area contributed by atoms with Crippen LogP contribution >= 0.6 is 0 Å². The first-order chi connectivity index (χ1) is 9.47. The summed E-state index contributed by atoms with van der Waals surface area (Å²) in [6.07, 6.45) is 0. The number of benzene rings is 1. The van der Waals surface area contributed by atoms with Crippen LogP contribution in [-0.4, -0.2) is 64.6 Å². The monoisotopic (exact) mass is 282 g/mol. The number of carbonyl (C=O) groups is 2. The van der Waals surface area contributed by atoms with Gasteiger partial charge in [0.15, 0.2) is 0 Å². The average Bonchev–Trinajstić information content (AvgIpc) is 2.41. The number of amides is 1. The molecule has 1 aliphatic heterocycles. The van der Waals surface area contributed by atoms with Gasteiger partial charge in [0, 0.05) is 26.2 Å². The molecule has 1 aromatic carbocycles. The molecule has 0 bridgehead atoms. The highest BCUT2D eigenvalue weighted by molar-refractivity contribution is 5.96. The van der Waals surface area contributed by atoms with Gasteiger partial charge in [0.2, 0.25) is 0 Å². The fourth-order valence-corrected chi connectivity index (χ4v) is 2.15. The standard InChI is InChI=1S/C13H15FN2O4/c14-9-1-2-11(17)10(7-9)13(20)16-5-3-15(4-6-16)8-12(18)19/h1-2,7,17H,3-6,8H2,(H,18,19). The van der Waals surface area contributed by atoms with Crippen LogP contribution in [0.3, 0.4) is 0 Å². The second-order valence-corrected chi connectivity index (χ2v) is 4.62. The summed E-state index contributed by atoms with van der Waals surface area (Å²) >= 11 is 0. The van der Waals surface area contributed by atoms with Crippen LogP contribution in [0, 0.1) is 5.82 Å². The van der Waals surface area contributed by atoms with Gasteiger partial charge in [0.1, 0.15) is 11.6 Å². The summed E-state index contributed by atoms with van der Waals surface area (Å²) in [5.74, 6) is -2.20. The van der Waals surface area contributed by atoms with Gasteiger partial charge >= 0.3 is 5.97 Å².